The molecule has 0 saturated carbocycles. The number of pyridine rings is 1. The fourth-order valence-electron chi connectivity index (χ4n) is 1.88. The monoisotopic (exact) mass is 267 g/mol. The van der Waals surface area contributed by atoms with Crippen LogP contribution in [0.15, 0.2) is 42.6 Å². The minimum atomic E-state index is 0.141. The van der Waals surface area contributed by atoms with Crippen LogP contribution in [0.1, 0.15) is 31.0 Å². The number of nitrogens with one attached hydrogen (secondary N) is 1. The first kappa shape index (κ1) is 13.9. The molecule has 0 aliphatic heterocycles. The third-order valence-corrected chi connectivity index (χ3v) is 2.95. The molecule has 0 bridgehead atoms. The summed E-state index contributed by atoms with van der Waals surface area (Å²) in [5.41, 5.74) is 2.73. The molecule has 0 saturated heterocycles. The number of ether oxygens (including phenoxy) is 1. The maximum atomic E-state index is 8.79. The first-order valence-corrected chi connectivity index (χ1v) is 6.58. The van der Waals surface area contributed by atoms with Crippen LogP contribution < -0.4 is 10.1 Å². The van der Waals surface area contributed by atoms with Crippen molar-refractivity contribution in [3.8, 4) is 11.9 Å². The molecule has 20 heavy (non-hydrogen) atoms. The van der Waals surface area contributed by atoms with Gasteiger partial charge in [0.2, 0.25) is 5.88 Å². The van der Waals surface area contributed by atoms with Gasteiger partial charge in [0, 0.05) is 12.1 Å². The van der Waals surface area contributed by atoms with Gasteiger partial charge in [-0.05, 0) is 37.6 Å². The van der Waals surface area contributed by atoms with Gasteiger partial charge in [0.05, 0.1) is 30.1 Å². The van der Waals surface area contributed by atoms with E-state index in [2.05, 4.69) is 23.3 Å². The molecule has 2 aromatic rings. The summed E-state index contributed by atoms with van der Waals surface area (Å²) >= 11 is 0. The third kappa shape index (κ3) is 3.48. The minimum Gasteiger partial charge on any atom is -0.478 e. The Bertz CT molecular complexity index is 585. The summed E-state index contributed by atoms with van der Waals surface area (Å²) in [6, 6.07) is 13.6. The van der Waals surface area contributed by atoms with Gasteiger partial charge in [-0.2, -0.15) is 5.26 Å². The molecule has 1 N–H and O–H groups in total. The summed E-state index contributed by atoms with van der Waals surface area (Å²) in [5.74, 6) is 0.629. The Hall–Kier alpha value is -2.54. The summed E-state index contributed by atoms with van der Waals surface area (Å²) in [5, 5.41) is 12.2. The molecule has 1 heterocycles. The van der Waals surface area contributed by atoms with E-state index in [1.54, 1.807) is 6.20 Å². The zero-order chi connectivity index (χ0) is 14.4. The standard InChI is InChI=1S/C16H17N3O/c1-3-20-16-9-8-15(11-18-16)19-12(2)14-6-4-13(10-17)5-7-14/h4-9,11-12,19H,3H2,1-2H3. The van der Waals surface area contributed by atoms with Crippen molar-refractivity contribution in [2.45, 2.75) is 19.9 Å². The van der Waals surface area contributed by atoms with Crippen LogP contribution in [0.4, 0.5) is 5.69 Å². The second-order valence-electron chi connectivity index (χ2n) is 4.42. The van der Waals surface area contributed by atoms with Crippen LogP contribution in [-0.4, -0.2) is 11.6 Å². The molecule has 0 fully saturated rings. The van der Waals surface area contributed by atoms with Crippen molar-refractivity contribution in [3.63, 3.8) is 0 Å². The predicted octanol–water partition coefficient (Wildman–Crippen LogP) is 3.53. The molecule has 4 nitrogen and oxygen atoms in total. The van der Waals surface area contributed by atoms with Crippen molar-refractivity contribution in [1.29, 1.82) is 5.26 Å². The first-order chi connectivity index (χ1) is 9.72. The summed E-state index contributed by atoms with van der Waals surface area (Å²) < 4.78 is 5.31. The number of nitrogens with zero attached hydrogens (tertiary/aromatic N) is 2. The van der Waals surface area contributed by atoms with Gasteiger partial charge < -0.3 is 10.1 Å². The number of benzene rings is 1. The normalized spacial score (nSPS) is 11.4. The Morgan fingerprint density at radius 1 is 1.25 bits per heavy atom. The number of anilines is 1. The van der Waals surface area contributed by atoms with Gasteiger partial charge in [-0.25, -0.2) is 4.98 Å². The van der Waals surface area contributed by atoms with Gasteiger partial charge in [0.25, 0.3) is 0 Å². The molecular formula is C16H17N3O. The van der Waals surface area contributed by atoms with Crippen molar-refractivity contribution in [2.75, 3.05) is 11.9 Å². The van der Waals surface area contributed by atoms with E-state index in [-0.39, 0.29) is 6.04 Å². The lowest BCUT2D eigenvalue weighted by molar-refractivity contribution is 0.327. The highest BCUT2D eigenvalue weighted by Gasteiger charge is 2.05. The summed E-state index contributed by atoms with van der Waals surface area (Å²) in [6.07, 6.45) is 1.76. The van der Waals surface area contributed by atoms with Crippen molar-refractivity contribution < 1.29 is 4.74 Å². The Morgan fingerprint density at radius 3 is 2.55 bits per heavy atom. The average molecular weight is 267 g/mol. The lowest BCUT2D eigenvalue weighted by Crippen LogP contribution is -2.07. The van der Waals surface area contributed by atoms with Gasteiger partial charge in [0.15, 0.2) is 0 Å². The van der Waals surface area contributed by atoms with Crippen molar-refractivity contribution in [2.24, 2.45) is 0 Å². The summed E-state index contributed by atoms with van der Waals surface area (Å²) in [7, 11) is 0. The lowest BCUT2D eigenvalue weighted by Gasteiger charge is -2.15. The highest BCUT2D eigenvalue weighted by molar-refractivity contribution is 5.45. The smallest absolute Gasteiger partial charge is 0.213 e. The molecule has 0 amide bonds. The second-order valence-corrected chi connectivity index (χ2v) is 4.42. The molecule has 2 rings (SSSR count). The van der Waals surface area contributed by atoms with E-state index in [9.17, 15) is 0 Å². The largest absolute Gasteiger partial charge is 0.478 e. The summed E-state index contributed by atoms with van der Waals surface area (Å²) in [6.45, 7) is 4.61. The second kappa shape index (κ2) is 6.58. The van der Waals surface area contributed by atoms with E-state index in [1.807, 2.05) is 43.3 Å². The number of rotatable bonds is 5. The number of hydrogen-bond donors (Lipinski definition) is 1. The molecule has 4 heteroatoms. The number of hydrogen-bond acceptors (Lipinski definition) is 4. The first-order valence-electron chi connectivity index (χ1n) is 6.58. The number of aromatic nitrogens is 1. The molecule has 1 aromatic heterocycles. The van der Waals surface area contributed by atoms with Crippen LogP contribution in [0, 0.1) is 11.3 Å². The van der Waals surface area contributed by atoms with Crippen molar-refractivity contribution >= 4 is 5.69 Å². The van der Waals surface area contributed by atoms with Crippen LogP contribution in [0.2, 0.25) is 0 Å². The van der Waals surface area contributed by atoms with Crippen LogP contribution in [0.3, 0.4) is 0 Å². The van der Waals surface area contributed by atoms with Gasteiger partial charge in [0.1, 0.15) is 0 Å². The fourth-order valence-corrected chi connectivity index (χ4v) is 1.88. The van der Waals surface area contributed by atoms with Gasteiger partial charge in [-0.1, -0.05) is 12.1 Å². The maximum Gasteiger partial charge on any atom is 0.213 e. The van der Waals surface area contributed by atoms with Crippen molar-refractivity contribution in [1.82, 2.24) is 4.98 Å². The predicted molar refractivity (Wildman–Crippen MR) is 78.6 cm³/mol. The Labute approximate surface area is 119 Å². The average Bonchev–Trinajstić information content (AvgIpc) is 2.49. The molecule has 1 aromatic carbocycles. The zero-order valence-electron chi connectivity index (χ0n) is 11.6. The Kier molecular flexibility index (Phi) is 4.56. The molecule has 1 unspecified atom stereocenters. The molecule has 0 spiro atoms. The van der Waals surface area contributed by atoms with E-state index < -0.39 is 0 Å². The van der Waals surface area contributed by atoms with Gasteiger partial charge >= 0.3 is 0 Å². The van der Waals surface area contributed by atoms with Crippen LogP contribution in [0.5, 0.6) is 5.88 Å². The zero-order valence-corrected chi connectivity index (χ0v) is 11.6. The Balaban J connectivity index is 2.02. The topological polar surface area (TPSA) is 57.9 Å². The van der Waals surface area contributed by atoms with Crippen LogP contribution >= 0.6 is 0 Å². The maximum absolute atomic E-state index is 8.79. The molecule has 102 valence electrons. The summed E-state index contributed by atoms with van der Waals surface area (Å²) in [4.78, 5) is 4.21. The molecule has 0 radical (unpaired) electrons. The quantitative estimate of drug-likeness (QED) is 0.900. The van der Waals surface area contributed by atoms with E-state index in [4.69, 9.17) is 10.00 Å². The van der Waals surface area contributed by atoms with Crippen LogP contribution in [-0.2, 0) is 0 Å². The minimum absolute atomic E-state index is 0.141. The number of nitriles is 1. The lowest BCUT2D eigenvalue weighted by atomic mass is 10.1. The van der Waals surface area contributed by atoms with Gasteiger partial charge in [-0.15, -0.1) is 0 Å². The molecule has 0 aliphatic rings. The SMILES string of the molecule is CCOc1ccc(NC(C)c2ccc(C#N)cc2)cn1. The fraction of sp³-hybridized carbons (Fsp3) is 0.250. The van der Waals surface area contributed by atoms with Crippen molar-refractivity contribution in [3.05, 3.63) is 53.7 Å². The highest BCUT2D eigenvalue weighted by atomic mass is 16.5. The van der Waals surface area contributed by atoms with Gasteiger partial charge in [-0.3, -0.25) is 0 Å². The third-order valence-electron chi connectivity index (χ3n) is 2.95. The van der Waals surface area contributed by atoms with E-state index >= 15 is 0 Å². The van der Waals surface area contributed by atoms with E-state index in [0.717, 1.165) is 11.3 Å². The molecule has 0 aliphatic carbocycles. The molecular weight excluding hydrogens is 250 g/mol. The van der Waals surface area contributed by atoms with Crippen LogP contribution in [0.25, 0.3) is 0 Å². The van der Waals surface area contributed by atoms with E-state index in [1.165, 1.54) is 0 Å². The Morgan fingerprint density at radius 2 is 2.00 bits per heavy atom. The van der Waals surface area contributed by atoms with E-state index in [0.29, 0.717) is 18.1 Å². The highest BCUT2D eigenvalue weighted by Crippen LogP contribution is 2.20. The molecule has 1 atom stereocenters.